The van der Waals surface area contributed by atoms with Gasteiger partial charge in [0.25, 0.3) is 0 Å². The number of nitrogens with one attached hydrogen (secondary N) is 1. The average Bonchev–Trinajstić information content (AvgIpc) is 2.50. The van der Waals surface area contributed by atoms with Crippen LogP contribution in [0.4, 0.5) is 0 Å². The Hall–Kier alpha value is -1.08. The van der Waals surface area contributed by atoms with E-state index >= 15 is 0 Å². The van der Waals surface area contributed by atoms with Crippen LogP contribution in [0.5, 0.6) is 0 Å². The van der Waals surface area contributed by atoms with E-state index in [1.165, 1.54) is 22.3 Å². The van der Waals surface area contributed by atoms with Gasteiger partial charge < -0.3 is 5.32 Å². The molecule has 1 aliphatic heterocycles. The molecular weight excluding hydrogens is 206 g/mol. The highest BCUT2D eigenvalue weighted by Gasteiger charge is 2.18. The van der Waals surface area contributed by atoms with Crippen LogP contribution < -0.4 is 5.32 Å². The number of fused-ring (bicyclic) bond motifs is 1. The molecule has 1 aromatic rings. The van der Waals surface area contributed by atoms with Gasteiger partial charge in [-0.05, 0) is 34.1 Å². The van der Waals surface area contributed by atoms with E-state index in [0.29, 0.717) is 11.8 Å². The van der Waals surface area contributed by atoms with Crippen molar-refractivity contribution in [1.29, 1.82) is 0 Å². The first kappa shape index (κ1) is 12.4. The Balaban J connectivity index is 2.61. The molecule has 92 valence electrons. The van der Waals surface area contributed by atoms with Crippen molar-refractivity contribution in [3.8, 4) is 0 Å². The van der Waals surface area contributed by atoms with Gasteiger partial charge in [-0.1, -0.05) is 52.0 Å². The number of hydrogen-bond acceptors (Lipinski definition) is 1. The van der Waals surface area contributed by atoms with Gasteiger partial charge in [0.2, 0.25) is 0 Å². The van der Waals surface area contributed by atoms with E-state index in [1.54, 1.807) is 0 Å². The average molecular weight is 229 g/mol. The van der Waals surface area contributed by atoms with Crippen LogP contribution in [0.25, 0.3) is 5.57 Å². The van der Waals surface area contributed by atoms with Crippen molar-refractivity contribution in [1.82, 2.24) is 5.32 Å². The standard InChI is InChI=1S/C16H23N/c1-11(2)14-7-5-6-13-10-17-9-8-15(12(3)4)16(13)14/h5-8,11-12,17H,9-10H2,1-4H3. The maximum absolute atomic E-state index is 3.48. The molecule has 0 atom stereocenters. The summed E-state index contributed by atoms with van der Waals surface area (Å²) in [6.07, 6.45) is 2.36. The van der Waals surface area contributed by atoms with E-state index in [1.807, 2.05) is 0 Å². The van der Waals surface area contributed by atoms with Gasteiger partial charge in [-0.2, -0.15) is 0 Å². The van der Waals surface area contributed by atoms with Crippen LogP contribution in [0, 0.1) is 5.92 Å². The van der Waals surface area contributed by atoms with Crippen LogP contribution in [-0.2, 0) is 6.54 Å². The van der Waals surface area contributed by atoms with Crippen molar-refractivity contribution in [2.24, 2.45) is 5.92 Å². The van der Waals surface area contributed by atoms with Crippen LogP contribution >= 0.6 is 0 Å². The lowest BCUT2D eigenvalue weighted by atomic mass is 9.84. The summed E-state index contributed by atoms with van der Waals surface area (Å²) in [5.41, 5.74) is 5.96. The van der Waals surface area contributed by atoms with Crippen molar-refractivity contribution >= 4 is 5.57 Å². The molecular formula is C16H23N. The third kappa shape index (κ3) is 2.44. The third-order valence-electron chi connectivity index (χ3n) is 3.50. The van der Waals surface area contributed by atoms with Gasteiger partial charge in [-0.15, -0.1) is 0 Å². The summed E-state index contributed by atoms with van der Waals surface area (Å²) in [4.78, 5) is 0. The highest BCUT2D eigenvalue weighted by molar-refractivity contribution is 5.73. The Bertz CT molecular complexity index is 427. The molecule has 2 rings (SSSR count). The minimum absolute atomic E-state index is 0.588. The lowest BCUT2D eigenvalue weighted by Gasteiger charge is -2.20. The molecule has 1 aromatic carbocycles. The zero-order valence-corrected chi connectivity index (χ0v) is 11.4. The van der Waals surface area contributed by atoms with Crippen LogP contribution in [0.15, 0.2) is 24.3 Å². The van der Waals surface area contributed by atoms with Gasteiger partial charge in [0.1, 0.15) is 0 Å². The Morgan fingerprint density at radius 3 is 2.47 bits per heavy atom. The van der Waals surface area contributed by atoms with E-state index in [0.717, 1.165) is 13.1 Å². The lowest BCUT2D eigenvalue weighted by molar-refractivity contribution is 0.762. The minimum Gasteiger partial charge on any atom is -0.309 e. The summed E-state index contributed by atoms with van der Waals surface area (Å²) in [5, 5.41) is 3.48. The second-order valence-electron chi connectivity index (χ2n) is 5.48. The first-order valence-electron chi connectivity index (χ1n) is 6.64. The minimum atomic E-state index is 0.588. The lowest BCUT2D eigenvalue weighted by Crippen LogP contribution is -2.11. The van der Waals surface area contributed by atoms with Gasteiger partial charge in [-0.25, -0.2) is 0 Å². The fourth-order valence-electron chi connectivity index (χ4n) is 2.62. The number of hydrogen-bond donors (Lipinski definition) is 1. The van der Waals surface area contributed by atoms with Crippen LogP contribution in [0.3, 0.4) is 0 Å². The molecule has 0 spiro atoms. The summed E-state index contributed by atoms with van der Waals surface area (Å²) in [5.74, 6) is 1.18. The highest BCUT2D eigenvalue weighted by atomic mass is 14.8. The molecule has 0 aliphatic carbocycles. The summed E-state index contributed by atoms with van der Waals surface area (Å²) in [7, 11) is 0. The Morgan fingerprint density at radius 2 is 1.82 bits per heavy atom. The molecule has 0 aromatic heterocycles. The van der Waals surface area contributed by atoms with Crippen molar-refractivity contribution < 1.29 is 0 Å². The quantitative estimate of drug-likeness (QED) is 0.809. The molecule has 1 N–H and O–H groups in total. The van der Waals surface area contributed by atoms with Crippen molar-refractivity contribution in [2.45, 2.75) is 40.2 Å². The molecule has 0 bridgehead atoms. The SMILES string of the molecule is CC(C)C1=CCNCc2cccc(C(C)C)c21. The Labute approximate surface area is 105 Å². The zero-order valence-electron chi connectivity index (χ0n) is 11.4. The first-order valence-corrected chi connectivity index (χ1v) is 6.64. The summed E-state index contributed by atoms with van der Waals surface area (Å²) in [6, 6.07) is 6.74. The molecule has 0 radical (unpaired) electrons. The van der Waals surface area contributed by atoms with Crippen molar-refractivity contribution in [3.05, 3.63) is 41.0 Å². The van der Waals surface area contributed by atoms with E-state index < -0.39 is 0 Å². The van der Waals surface area contributed by atoms with Crippen LogP contribution in [-0.4, -0.2) is 6.54 Å². The zero-order chi connectivity index (χ0) is 12.4. The highest BCUT2D eigenvalue weighted by Crippen LogP contribution is 2.34. The van der Waals surface area contributed by atoms with E-state index in [4.69, 9.17) is 0 Å². The number of allylic oxidation sites excluding steroid dienone is 1. The number of benzene rings is 1. The van der Waals surface area contributed by atoms with Gasteiger partial charge in [0, 0.05) is 13.1 Å². The largest absolute Gasteiger partial charge is 0.309 e. The van der Waals surface area contributed by atoms with E-state index in [2.05, 4.69) is 57.3 Å². The molecule has 1 heteroatoms. The topological polar surface area (TPSA) is 12.0 Å². The molecule has 17 heavy (non-hydrogen) atoms. The van der Waals surface area contributed by atoms with Crippen molar-refractivity contribution in [2.75, 3.05) is 6.54 Å². The van der Waals surface area contributed by atoms with E-state index in [-0.39, 0.29) is 0 Å². The summed E-state index contributed by atoms with van der Waals surface area (Å²) < 4.78 is 0. The number of rotatable bonds is 2. The first-order chi connectivity index (χ1) is 8.11. The maximum atomic E-state index is 3.48. The fourth-order valence-corrected chi connectivity index (χ4v) is 2.62. The molecule has 1 nitrogen and oxygen atoms in total. The molecule has 0 saturated carbocycles. The summed E-state index contributed by atoms with van der Waals surface area (Å²) in [6.45, 7) is 11.1. The monoisotopic (exact) mass is 229 g/mol. The molecule has 0 fully saturated rings. The van der Waals surface area contributed by atoms with Gasteiger partial charge in [0.15, 0.2) is 0 Å². The second kappa shape index (κ2) is 5.05. The molecule has 0 amide bonds. The second-order valence-corrected chi connectivity index (χ2v) is 5.48. The molecule has 0 saturated heterocycles. The van der Waals surface area contributed by atoms with Gasteiger partial charge in [0.05, 0.1) is 0 Å². The Kier molecular flexibility index (Phi) is 3.68. The predicted molar refractivity (Wildman–Crippen MR) is 75.1 cm³/mol. The molecule has 0 unspecified atom stereocenters. The van der Waals surface area contributed by atoms with Gasteiger partial charge >= 0.3 is 0 Å². The molecule has 1 heterocycles. The maximum Gasteiger partial charge on any atom is 0.0214 e. The van der Waals surface area contributed by atoms with Crippen LogP contribution in [0.1, 0.15) is 50.3 Å². The smallest absolute Gasteiger partial charge is 0.0214 e. The third-order valence-corrected chi connectivity index (χ3v) is 3.50. The normalized spacial score (nSPS) is 15.8. The Morgan fingerprint density at radius 1 is 1.06 bits per heavy atom. The summed E-state index contributed by atoms with van der Waals surface area (Å²) >= 11 is 0. The van der Waals surface area contributed by atoms with E-state index in [9.17, 15) is 0 Å². The molecule has 1 aliphatic rings. The van der Waals surface area contributed by atoms with Crippen LogP contribution in [0.2, 0.25) is 0 Å². The fraction of sp³-hybridized carbons (Fsp3) is 0.500. The predicted octanol–water partition coefficient (Wildman–Crippen LogP) is 3.95. The van der Waals surface area contributed by atoms with Crippen molar-refractivity contribution in [3.63, 3.8) is 0 Å². The van der Waals surface area contributed by atoms with Gasteiger partial charge in [-0.3, -0.25) is 0 Å².